The van der Waals surface area contributed by atoms with Crippen LogP contribution in [0.2, 0.25) is 0 Å². The summed E-state index contributed by atoms with van der Waals surface area (Å²) >= 11 is 0. The van der Waals surface area contributed by atoms with Crippen molar-refractivity contribution in [2.75, 3.05) is 0 Å². The Morgan fingerprint density at radius 2 is 1.46 bits per heavy atom. The number of carbonyl (C=O) groups excluding carboxylic acids is 1. The molecular weight excluding hydrogens is 432 g/mol. The lowest BCUT2D eigenvalue weighted by Gasteiger charge is -2.29. The number of benzene rings is 3. The summed E-state index contributed by atoms with van der Waals surface area (Å²) in [6.07, 6.45) is 4.49. The van der Waals surface area contributed by atoms with Crippen molar-refractivity contribution in [3.63, 3.8) is 0 Å². The number of hydrogen-bond acceptors (Lipinski definition) is 4. The fraction of sp³-hybridized carbons (Fsp3) is 0.129. The SMILES string of the molecule is CCC(C)(C1=C/C(=C(/O)c2cccc(C#N)c2)C(C(=O)c2cccc(C#N)c2)=C1)c1ccccc1. The van der Waals surface area contributed by atoms with Crippen LogP contribution >= 0.6 is 0 Å². The van der Waals surface area contributed by atoms with Crippen molar-refractivity contribution in [3.05, 3.63) is 136 Å². The van der Waals surface area contributed by atoms with E-state index in [2.05, 4.69) is 38.1 Å². The standard InChI is InChI=1S/C31H24N2O2/c1-3-31(2,25-13-5-4-6-14-25)26-17-27(29(34)23-11-7-9-21(15-23)19-32)28(18-26)30(35)24-12-8-10-22(16-24)20-33/h4-18,34H,3H2,1-2H3/b29-27-. The van der Waals surface area contributed by atoms with E-state index in [1.54, 1.807) is 48.5 Å². The van der Waals surface area contributed by atoms with Gasteiger partial charge < -0.3 is 5.11 Å². The Morgan fingerprint density at radius 3 is 2.06 bits per heavy atom. The summed E-state index contributed by atoms with van der Waals surface area (Å²) in [7, 11) is 0. The van der Waals surface area contributed by atoms with E-state index in [9.17, 15) is 20.4 Å². The van der Waals surface area contributed by atoms with Crippen LogP contribution in [0.5, 0.6) is 0 Å². The molecule has 1 N–H and O–H groups in total. The predicted octanol–water partition coefficient (Wildman–Crippen LogP) is 6.82. The first-order chi connectivity index (χ1) is 16.9. The Bertz CT molecular complexity index is 1480. The highest BCUT2D eigenvalue weighted by atomic mass is 16.3. The number of aliphatic hydroxyl groups excluding tert-OH is 1. The average molecular weight is 457 g/mol. The van der Waals surface area contributed by atoms with Gasteiger partial charge in [-0.1, -0.05) is 68.4 Å². The highest BCUT2D eigenvalue weighted by molar-refractivity contribution is 6.14. The number of nitriles is 2. The Hall–Kier alpha value is -4.67. The smallest absolute Gasteiger partial charge is 0.193 e. The van der Waals surface area contributed by atoms with Crippen molar-refractivity contribution >= 4 is 11.5 Å². The second kappa shape index (κ2) is 9.67. The second-order valence-corrected chi connectivity index (χ2v) is 8.69. The van der Waals surface area contributed by atoms with Gasteiger partial charge in [-0.25, -0.2) is 0 Å². The summed E-state index contributed by atoms with van der Waals surface area (Å²) in [5.74, 6) is -0.350. The third-order valence-electron chi connectivity index (χ3n) is 6.66. The largest absolute Gasteiger partial charge is 0.507 e. The van der Waals surface area contributed by atoms with E-state index in [0.717, 1.165) is 17.6 Å². The van der Waals surface area contributed by atoms with Crippen molar-refractivity contribution in [3.8, 4) is 12.1 Å². The maximum absolute atomic E-state index is 13.7. The maximum Gasteiger partial charge on any atom is 0.193 e. The first-order valence-electron chi connectivity index (χ1n) is 11.4. The van der Waals surface area contributed by atoms with Crippen LogP contribution in [0, 0.1) is 22.7 Å². The van der Waals surface area contributed by atoms with Gasteiger partial charge in [0.25, 0.3) is 0 Å². The summed E-state index contributed by atoms with van der Waals surface area (Å²) in [6.45, 7) is 4.22. The third kappa shape index (κ3) is 4.43. The molecule has 0 fully saturated rings. The monoisotopic (exact) mass is 456 g/mol. The van der Waals surface area contributed by atoms with Crippen LogP contribution in [0.3, 0.4) is 0 Å². The minimum Gasteiger partial charge on any atom is -0.507 e. The van der Waals surface area contributed by atoms with Crippen molar-refractivity contribution < 1.29 is 9.90 Å². The van der Waals surface area contributed by atoms with Gasteiger partial charge >= 0.3 is 0 Å². The van der Waals surface area contributed by atoms with Gasteiger partial charge in [-0.2, -0.15) is 10.5 Å². The molecule has 0 aromatic heterocycles. The second-order valence-electron chi connectivity index (χ2n) is 8.69. The van der Waals surface area contributed by atoms with Gasteiger partial charge in [0.1, 0.15) is 5.76 Å². The molecule has 0 bridgehead atoms. The third-order valence-corrected chi connectivity index (χ3v) is 6.66. The number of Topliss-reactive ketones (excluding diaryl/α,β-unsaturated/α-hetero) is 1. The molecule has 1 aliphatic rings. The zero-order valence-electron chi connectivity index (χ0n) is 19.6. The van der Waals surface area contributed by atoms with Crippen LogP contribution in [0.15, 0.2) is 108 Å². The summed E-state index contributed by atoms with van der Waals surface area (Å²) in [6, 6.07) is 27.5. The molecule has 0 saturated carbocycles. The molecule has 4 heteroatoms. The van der Waals surface area contributed by atoms with Gasteiger partial charge in [0.15, 0.2) is 5.78 Å². The fourth-order valence-corrected chi connectivity index (χ4v) is 4.37. The first-order valence-corrected chi connectivity index (χ1v) is 11.4. The van der Waals surface area contributed by atoms with E-state index in [1.165, 1.54) is 0 Å². The highest BCUT2D eigenvalue weighted by Gasteiger charge is 2.34. The Morgan fingerprint density at radius 1 is 0.857 bits per heavy atom. The molecule has 0 spiro atoms. The summed E-state index contributed by atoms with van der Waals surface area (Å²) < 4.78 is 0. The van der Waals surface area contributed by atoms with Crippen molar-refractivity contribution in [1.29, 1.82) is 10.5 Å². The van der Waals surface area contributed by atoms with Gasteiger partial charge in [0.2, 0.25) is 0 Å². The Balaban J connectivity index is 1.91. The van der Waals surface area contributed by atoms with Gasteiger partial charge in [0, 0.05) is 27.7 Å². The molecule has 3 aromatic rings. The van der Waals surface area contributed by atoms with Gasteiger partial charge in [0.05, 0.1) is 23.3 Å². The normalized spacial score (nSPS) is 15.8. The average Bonchev–Trinajstić information content (AvgIpc) is 3.38. The molecule has 0 radical (unpaired) electrons. The van der Waals surface area contributed by atoms with Crippen LogP contribution in [-0.4, -0.2) is 10.9 Å². The number of ketones is 1. The molecule has 0 amide bonds. The molecule has 35 heavy (non-hydrogen) atoms. The summed E-state index contributed by atoms with van der Waals surface area (Å²) in [5, 5.41) is 29.9. The van der Waals surface area contributed by atoms with Crippen molar-refractivity contribution in [2.45, 2.75) is 25.7 Å². The van der Waals surface area contributed by atoms with Crippen molar-refractivity contribution in [2.24, 2.45) is 0 Å². The van der Waals surface area contributed by atoms with E-state index in [-0.39, 0.29) is 11.5 Å². The van der Waals surface area contributed by atoms with Crippen molar-refractivity contribution in [1.82, 2.24) is 0 Å². The van der Waals surface area contributed by atoms with Gasteiger partial charge in [-0.15, -0.1) is 0 Å². The van der Waals surface area contributed by atoms with Crippen LogP contribution in [0.25, 0.3) is 5.76 Å². The van der Waals surface area contributed by atoms with Crippen LogP contribution in [0.4, 0.5) is 0 Å². The summed E-state index contributed by atoms with van der Waals surface area (Å²) in [5.41, 5.74) is 4.01. The van der Waals surface area contributed by atoms with E-state index < -0.39 is 5.41 Å². The van der Waals surface area contributed by atoms with Crippen LogP contribution < -0.4 is 0 Å². The first kappa shape index (κ1) is 23.5. The zero-order chi connectivity index (χ0) is 25.0. The maximum atomic E-state index is 13.7. The van der Waals surface area contributed by atoms with E-state index in [0.29, 0.717) is 33.4 Å². The zero-order valence-corrected chi connectivity index (χ0v) is 19.6. The number of hydrogen-bond donors (Lipinski definition) is 1. The lowest BCUT2D eigenvalue weighted by molar-refractivity contribution is 0.103. The number of carbonyl (C=O) groups is 1. The molecule has 1 atom stereocenters. The fourth-order valence-electron chi connectivity index (χ4n) is 4.37. The quantitative estimate of drug-likeness (QED) is 0.326. The Kier molecular flexibility index (Phi) is 6.49. The minimum absolute atomic E-state index is 0.0698. The lowest BCUT2D eigenvalue weighted by atomic mass is 9.74. The number of nitrogens with zero attached hydrogens (tertiary/aromatic N) is 2. The topological polar surface area (TPSA) is 84.9 Å². The molecule has 4 rings (SSSR count). The van der Waals surface area contributed by atoms with E-state index in [1.807, 2.05) is 30.4 Å². The molecule has 0 heterocycles. The summed E-state index contributed by atoms with van der Waals surface area (Å²) in [4.78, 5) is 13.7. The highest BCUT2D eigenvalue weighted by Crippen LogP contribution is 2.43. The van der Waals surface area contributed by atoms with Crippen LogP contribution in [-0.2, 0) is 5.41 Å². The molecular formula is C31H24N2O2. The molecule has 1 unspecified atom stereocenters. The number of allylic oxidation sites excluding steroid dienone is 5. The molecule has 170 valence electrons. The molecule has 0 aliphatic heterocycles. The molecule has 0 saturated heterocycles. The molecule has 4 nitrogen and oxygen atoms in total. The minimum atomic E-state index is -0.391. The number of rotatable bonds is 6. The predicted molar refractivity (Wildman–Crippen MR) is 136 cm³/mol. The van der Waals surface area contributed by atoms with Crippen LogP contribution in [0.1, 0.15) is 52.9 Å². The number of aliphatic hydroxyl groups is 1. The Labute approximate surface area is 205 Å². The van der Waals surface area contributed by atoms with E-state index >= 15 is 0 Å². The van der Waals surface area contributed by atoms with Gasteiger partial charge in [-0.3, -0.25) is 4.79 Å². The van der Waals surface area contributed by atoms with Gasteiger partial charge in [-0.05, 0) is 54.0 Å². The molecule has 1 aliphatic carbocycles. The molecule has 3 aromatic carbocycles. The lowest BCUT2D eigenvalue weighted by Crippen LogP contribution is -2.22. The van der Waals surface area contributed by atoms with E-state index in [4.69, 9.17) is 0 Å².